The van der Waals surface area contributed by atoms with Crippen LogP contribution in [0.4, 0.5) is 5.82 Å². The van der Waals surface area contributed by atoms with Crippen LogP contribution >= 0.6 is 34.0 Å². The topological polar surface area (TPSA) is 56.0 Å². The van der Waals surface area contributed by atoms with E-state index in [1.165, 1.54) is 6.92 Å². The Morgan fingerprint density at radius 2 is 2.00 bits per heavy atom. The Morgan fingerprint density at radius 3 is 2.33 bits per heavy atom. The van der Waals surface area contributed by atoms with Gasteiger partial charge in [-0.05, 0) is 12.1 Å². The number of Topliss-reactive ketones (excluding diaryl/α,β-unsaturated/α-hetero) is 1. The van der Waals surface area contributed by atoms with Crippen molar-refractivity contribution in [2.45, 2.75) is 6.92 Å². The number of nitrogens with two attached hydrogens (primary N) is 1. The summed E-state index contributed by atoms with van der Waals surface area (Å²) in [6.45, 7) is 1.46. The highest BCUT2D eigenvalue weighted by Crippen LogP contribution is 1.99. The number of aromatic nitrogens is 1. The number of carbonyl (C=O) groups excluding carboxylic acids is 1. The minimum atomic E-state index is -0.0627. The Balaban J connectivity index is 0. The molecule has 1 aromatic heterocycles. The summed E-state index contributed by atoms with van der Waals surface area (Å²) >= 11 is 0. The highest BCUT2D eigenvalue weighted by Gasteiger charge is 1.98. The molecule has 0 unspecified atom stereocenters. The molecule has 0 spiro atoms. The molecule has 2 N–H and O–H groups in total. The zero-order valence-electron chi connectivity index (χ0n) is 6.48. The van der Waals surface area contributed by atoms with Gasteiger partial charge in [0, 0.05) is 6.92 Å². The molecule has 0 aliphatic rings. The van der Waals surface area contributed by atoms with Crippen LogP contribution in [0.25, 0.3) is 0 Å². The number of anilines is 1. The minimum Gasteiger partial charge on any atom is -0.384 e. The monoisotopic (exact) mass is 296 g/mol. The molecule has 0 amide bonds. The third-order valence-corrected chi connectivity index (χ3v) is 1.13. The highest BCUT2D eigenvalue weighted by molar-refractivity contribution is 8.93. The molecule has 12 heavy (non-hydrogen) atoms. The van der Waals surface area contributed by atoms with E-state index in [1.54, 1.807) is 18.2 Å². The molecule has 1 heterocycles. The number of nitrogen functional groups attached to an aromatic ring is 1. The summed E-state index contributed by atoms with van der Waals surface area (Å²) < 4.78 is 0. The largest absolute Gasteiger partial charge is 0.384 e. The van der Waals surface area contributed by atoms with Gasteiger partial charge in [-0.2, -0.15) is 0 Å². The van der Waals surface area contributed by atoms with E-state index < -0.39 is 0 Å². The third kappa shape index (κ3) is 3.82. The van der Waals surface area contributed by atoms with E-state index in [1.807, 2.05) is 0 Å². The summed E-state index contributed by atoms with van der Waals surface area (Å²) in [4.78, 5) is 14.5. The Hall–Kier alpha value is -0.420. The zero-order chi connectivity index (χ0) is 7.56. The Bertz CT molecular complexity index is 265. The van der Waals surface area contributed by atoms with Crippen molar-refractivity contribution in [1.29, 1.82) is 0 Å². The molecule has 0 saturated heterocycles. The Labute approximate surface area is 91.9 Å². The van der Waals surface area contributed by atoms with Gasteiger partial charge in [0.05, 0.1) is 0 Å². The summed E-state index contributed by atoms with van der Waals surface area (Å²) in [6.07, 6.45) is 0. The van der Waals surface area contributed by atoms with Gasteiger partial charge in [0.2, 0.25) is 0 Å². The van der Waals surface area contributed by atoms with Gasteiger partial charge in [0.25, 0.3) is 0 Å². The Kier molecular flexibility index (Phi) is 7.22. The van der Waals surface area contributed by atoms with Crippen LogP contribution in [0.15, 0.2) is 18.2 Å². The molecule has 0 radical (unpaired) electrons. The maximum Gasteiger partial charge on any atom is 0.178 e. The zero-order valence-corrected chi connectivity index (χ0v) is 9.91. The number of hydrogen-bond donors (Lipinski definition) is 1. The number of carbonyl (C=O) groups is 1. The van der Waals surface area contributed by atoms with Crippen molar-refractivity contribution in [1.82, 2.24) is 4.98 Å². The predicted molar refractivity (Wildman–Crippen MR) is 59.3 cm³/mol. The van der Waals surface area contributed by atoms with Crippen LogP contribution in [0.2, 0.25) is 0 Å². The molecule has 1 aromatic rings. The van der Waals surface area contributed by atoms with E-state index in [2.05, 4.69) is 4.98 Å². The van der Waals surface area contributed by atoms with Crippen molar-refractivity contribution in [3.05, 3.63) is 23.9 Å². The number of nitrogens with zero attached hydrogens (tertiary/aromatic N) is 1. The van der Waals surface area contributed by atoms with Gasteiger partial charge in [-0.1, -0.05) is 6.07 Å². The first kappa shape index (κ1) is 14.1. The second-order valence-corrected chi connectivity index (χ2v) is 2.00. The lowest BCUT2D eigenvalue weighted by atomic mass is 10.3. The lowest BCUT2D eigenvalue weighted by Gasteiger charge is -1.93. The molecule has 0 aliphatic heterocycles. The first-order chi connectivity index (χ1) is 4.70. The molecular weight excluding hydrogens is 288 g/mol. The number of ketones is 1. The van der Waals surface area contributed by atoms with Crippen LogP contribution in [0.5, 0.6) is 0 Å². The molecule has 5 heteroatoms. The average molecular weight is 298 g/mol. The van der Waals surface area contributed by atoms with Gasteiger partial charge in [0.1, 0.15) is 11.5 Å². The number of hydrogen-bond acceptors (Lipinski definition) is 3. The van der Waals surface area contributed by atoms with Gasteiger partial charge in [-0.15, -0.1) is 34.0 Å². The van der Waals surface area contributed by atoms with Crippen LogP contribution in [-0.4, -0.2) is 10.8 Å². The quantitative estimate of drug-likeness (QED) is 0.807. The van der Waals surface area contributed by atoms with Crippen molar-refractivity contribution in [2.75, 3.05) is 5.73 Å². The third-order valence-electron chi connectivity index (χ3n) is 1.13. The smallest absolute Gasteiger partial charge is 0.178 e. The van der Waals surface area contributed by atoms with Gasteiger partial charge < -0.3 is 5.73 Å². The fraction of sp³-hybridized carbons (Fsp3) is 0.143. The summed E-state index contributed by atoms with van der Waals surface area (Å²) in [7, 11) is 0. The van der Waals surface area contributed by atoms with E-state index in [9.17, 15) is 4.79 Å². The lowest BCUT2D eigenvalue weighted by molar-refractivity contribution is 0.101. The number of halogens is 2. The van der Waals surface area contributed by atoms with Gasteiger partial charge in [-0.3, -0.25) is 4.79 Å². The molecule has 0 aromatic carbocycles. The molecule has 1 rings (SSSR count). The van der Waals surface area contributed by atoms with E-state index >= 15 is 0 Å². The van der Waals surface area contributed by atoms with Crippen molar-refractivity contribution >= 4 is 45.6 Å². The second kappa shape index (κ2) is 6.14. The summed E-state index contributed by atoms with van der Waals surface area (Å²) in [5.41, 5.74) is 5.75. The predicted octanol–water partition coefficient (Wildman–Crippen LogP) is 2.02. The molecule has 0 atom stereocenters. The molecule has 0 saturated carbocycles. The van der Waals surface area contributed by atoms with E-state index in [4.69, 9.17) is 5.73 Å². The minimum absolute atomic E-state index is 0. The first-order valence-electron chi connectivity index (χ1n) is 2.93. The molecule has 0 bridgehead atoms. The standard InChI is InChI=1S/C7H8N2O.2BrH/c1-5(10)6-3-2-4-7(8)9-6;;/h2-4H,1H3,(H2,8,9);2*1H. The molecular formula is C7H10Br2N2O. The first-order valence-corrected chi connectivity index (χ1v) is 2.93. The van der Waals surface area contributed by atoms with Crippen molar-refractivity contribution in [3.8, 4) is 0 Å². The summed E-state index contributed by atoms with van der Waals surface area (Å²) in [5, 5.41) is 0. The molecule has 3 nitrogen and oxygen atoms in total. The normalized spacial score (nSPS) is 7.75. The number of pyridine rings is 1. The molecule has 68 valence electrons. The van der Waals surface area contributed by atoms with Crippen molar-refractivity contribution in [2.24, 2.45) is 0 Å². The van der Waals surface area contributed by atoms with Gasteiger partial charge >= 0.3 is 0 Å². The fourth-order valence-corrected chi connectivity index (χ4v) is 0.648. The fourth-order valence-electron chi connectivity index (χ4n) is 0.648. The van der Waals surface area contributed by atoms with Crippen LogP contribution in [0.1, 0.15) is 17.4 Å². The maximum atomic E-state index is 10.7. The van der Waals surface area contributed by atoms with Crippen molar-refractivity contribution in [3.63, 3.8) is 0 Å². The van der Waals surface area contributed by atoms with Crippen LogP contribution in [-0.2, 0) is 0 Å². The average Bonchev–Trinajstić information content (AvgIpc) is 1.88. The van der Waals surface area contributed by atoms with Crippen LogP contribution in [0, 0.1) is 0 Å². The summed E-state index contributed by atoms with van der Waals surface area (Å²) in [6, 6.07) is 4.99. The summed E-state index contributed by atoms with van der Waals surface area (Å²) in [5.74, 6) is 0.319. The van der Waals surface area contributed by atoms with Crippen LogP contribution < -0.4 is 5.73 Å². The number of rotatable bonds is 1. The van der Waals surface area contributed by atoms with Crippen molar-refractivity contribution < 1.29 is 4.79 Å². The maximum absolute atomic E-state index is 10.7. The molecule has 0 fully saturated rings. The lowest BCUT2D eigenvalue weighted by Crippen LogP contribution is -1.98. The van der Waals surface area contributed by atoms with Crippen LogP contribution in [0.3, 0.4) is 0 Å². The SMILES string of the molecule is Br.Br.CC(=O)c1cccc(N)n1. The molecule has 0 aliphatic carbocycles. The van der Waals surface area contributed by atoms with E-state index in [0.29, 0.717) is 11.5 Å². The Morgan fingerprint density at radius 1 is 1.42 bits per heavy atom. The highest BCUT2D eigenvalue weighted by atomic mass is 79.9. The van der Waals surface area contributed by atoms with E-state index in [0.717, 1.165) is 0 Å². The van der Waals surface area contributed by atoms with E-state index in [-0.39, 0.29) is 39.7 Å². The van der Waals surface area contributed by atoms with Gasteiger partial charge in [-0.25, -0.2) is 4.98 Å². The second-order valence-electron chi connectivity index (χ2n) is 2.00. The van der Waals surface area contributed by atoms with Gasteiger partial charge in [0.15, 0.2) is 5.78 Å².